The number of ether oxygens (including phenoxy) is 1. The van der Waals surface area contributed by atoms with Gasteiger partial charge in [0.25, 0.3) is 0 Å². The Hall–Kier alpha value is -2.73. The van der Waals surface area contributed by atoms with Crippen LogP contribution in [0.5, 0.6) is 0 Å². The van der Waals surface area contributed by atoms with Crippen LogP contribution >= 0.6 is 11.3 Å². The van der Waals surface area contributed by atoms with Gasteiger partial charge in [0.05, 0.1) is 23.8 Å². The standard InChI is InChI=1S/C24H27N3O2S/c1-16(2)29-24(28)22-21(25-15-27-12-8-5-9-13-27)20-17(3)14-19(26-23(20)30-22)18-10-6-4-7-11-18/h4,6-7,10-11,14-16H,5,8-9,12-13H2,1-3H3. The molecule has 3 heterocycles. The normalized spacial score (nSPS) is 14.7. The molecule has 0 bridgehead atoms. The summed E-state index contributed by atoms with van der Waals surface area (Å²) in [7, 11) is 0. The van der Waals surface area contributed by atoms with E-state index in [4.69, 9.17) is 14.7 Å². The topological polar surface area (TPSA) is 54.8 Å². The number of thiophene rings is 1. The smallest absolute Gasteiger partial charge is 0.350 e. The van der Waals surface area contributed by atoms with Gasteiger partial charge in [-0.1, -0.05) is 30.3 Å². The average molecular weight is 422 g/mol. The lowest BCUT2D eigenvalue weighted by Gasteiger charge is -2.23. The molecule has 1 fully saturated rings. The number of carbonyl (C=O) groups is 1. The van der Waals surface area contributed by atoms with Crippen LogP contribution in [0.25, 0.3) is 21.5 Å². The third-order valence-electron chi connectivity index (χ3n) is 5.17. The van der Waals surface area contributed by atoms with Gasteiger partial charge in [-0.2, -0.15) is 0 Å². The number of fused-ring (bicyclic) bond motifs is 1. The van der Waals surface area contributed by atoms with Gasteiger partial charge in [0.1, 0.15) is 9.71 Å². The average Bonchev–Trinajstić information content (AvgIpc) is 3.12. The number of rotatable bonds is 5. The molecule has 6 heteroatoms. The predicted octanol–water partition coefficient (Wildman–Crippen LogP) is 5.98. The molecule has 0 unspecified atom stereocenters. The number of hydrogen-bond donors (Lipinski definition) is 0. The summed E-state index contributed by atoms with van der Waals surface area (Å²) in [5, 5.41) is 0.934. The maximum atomic E-state index is 12.8. The van der Waals surface area contributed by atoms with Crippen molar-refractivity contribution in [3.05, 3.63) is 46.8 Å². The Morgan fingerprint density at radius 1 is 1.20 bits per heavy atom. The monoisotopic (exact) mass is 421 g/mol. The molecule has 1 aliphatic heterocycles. The van der Waals surface area contributed by atoms with Gasteiger partial charge >= 0.3 is 5.97 Å². The Kier molecular flexibility index (Phi) is 6.13. The van der Waals surface area contributed by atoms with Gasteiger partial charge in [-0.3, -0.25) is 0 Å². The predicted molar refractivity (Wildman–Crippen MR) is 124 cm³/mol. The first-order valence-electron chi connectivity index (χ1n) is 10.5. The molecule has 3 aromatic rings. The van der Waals surface area contributed by atoms with E-state index in [1.165, 1.54) is 30.6 Å². The van der Waals surface area contributed by atoms with Crippen LogP contribution in [0.3, 0.4) is 0 Å². The van der Waals surface area contributed by atoms with Crippen LogP contribution in [-0.2, 0) is 4.74 Å². The number of pyridine rings is 1. The first kappa shape index (κ1) is 20.5. The highest BCUT2D eigenvalue weighted by atomic mass is 32.1. The third-order valence-corrected chi connectivity index (χ3v) is 6.23. The molecule has 1 saturated heterocycles. The number of esters is 1. The summed E-state index contributed by atoms with van der Waals surface area (Å²) in [6.45, 7) is 7.79. The fourth-order valence-corrected chi connectivity index (χ4v) is 4.80. The molecule has 4 rings (SSSR count). The molecular weight excluding hydrogens is 394 g/mol. The molecule has 0 aliphatic carbocycles. The number of hydrogen-bond acceptors (Lipinski definition) is 5. The summed E-state index contributed by atoms with van der Waals surface area (Å²) in [6, 6.07) is 12.2. The number of aromatic nitrogens is 1. The number of likely N-dealkylation sites (tertiary alicyclic amines) is 1. The second-order valence-electron chi connectivity index (χ2n) is 7.95. The molecule has 2 aromatic heterocycles. The van der Waals surface area contributed by atoms with Crippen molar-refractivity contribution in [3.63, 3.8) is 0 Å². The van der Waals surface area contributed by atoms with E-state index in [0.29, 0.717) is 10.6 Å². The van der Waals surface area contributed by atoms with Crippen LogP contribution in [0.15, 0.2) is 41.4 Å². The van der Waals surface area contributed by atoms with Crippen molar-refractivity contribution in [2.45, 2.75) is 46.1 Å². The van der Waals surface area contributed by atoms with E-state index in [1.807, 2.05) is 50.5 Å². The Balaban J connectivity index is 1.81. The summed E-state index contributed by atoms with van der Waals surface area (Å²) in [4.78, 5) is 26.0. The molecule has 0 saturated carbocycles. The first-order valence-corrected chi connectivity index (χ1v) is 11.3. The Morgan fingerprint density at radius 2 is 1.93 bits per heavy atom. The molecule has 0 radical (unpaired) electrons. The summed E-state index contributed by atoms with van der Waals surface area (Å²) >= 11 is 1.37. The number of benzene rings is 1. The van der Waals surface area contributed by atoms with E-state index in [1.54, 1.807) is 0 Å². The molecule has 156 valence electrons. The van der Waals surface area contributed by atoms with Crippen LogP contribution in [0.2, 0.25) is 0 Å². The number of aliphatic imine (C=N–C) groups is 1. The lowest BCUT2D eigenvalue weighted by molar-refractivity contribution is 0.0385. The van der Waals surface area contributed by atoms with Crippen molar-refractivity contribution < 1.29 is 9.53 Å². The third kappa shape index (κ3) is 4.38. The van der Waals surface area contributed by atoms with E-state index >= 15 is 0 Å². The Morgan fingerprint density at radius 3 is 2.63 bits per heavy atom. The van der Waals surface area contributed by atoms with Crippen LogP contribution in [-0.4, -0.2) is 41.4 Å². The second kappa shape index (κ2) is 8.96. The largest absolute Gasteiger partial charge is 0.459 e. The minimum atomic E-state index is -0.334. The van der Waals surface area contributed by atoms with Crippen molar-refractivity contribution in [1.29, 1.82) is 0 Å². The quantitative estimate of drug-likeness (QED) is 0.289. The van der Waals surface area contributed by atoms with Gasteiger partial charge in [0, 0.05) is 24.0 Å². The molecule has 0 amide bonds. The van der Waals surface area contributed by atoms with E-state index in [0.717, 1.165) is 40.1 Å². The zero-order valence-electron chi connectivity index (χ0n) is 17.7. The van der Waals surface area contributed by atoms with Crippen LogP contribution in [0.1, 0.15) is 48.3 Å². The van der Waals surface area contributed by atoms with Gasteiger partial charge in [-0.15, -0.1) is 11.3 Å². The molecule has 5 nitrogen and oxygen atoms in total. The molecule has 0 N–H and O–H groups in total. The van der Waals surface area contributed by atoms with E-state index in [-0.39, 0.29) is 12.1 Å². The van der Waals surface area contributed by atoms with Crippen molar-refractivity contribution in [1.82, 2.24) is 9.88 Å². The van der Waals surface area contributed by atoms with E-state index in [2.05, 4.69) is 17.9 Å². The number of aryl methyl sites for hydroxylation is 1. The summed E-state index contributed by atoms with van der Waals surface area (Å²) in [5.74, 6) is -0.334. The van der Waals surface area contributed by atoms with Crippen LogP contribution in [0, 0.1) is 6.92 Å². The van der Waals surface area contributed by atoms with Gasteiger partial charge in [-0.05, 0) is 51.7 Å². The Bertz CT molecular complexity index is 1070. The summed E-state index contributed by atoms with van der Waals surface area (Å²) in [5.41, 5.74) is 3.69. The fraction of sp³-hybridized carbons (Fsp3) is 0.375. The highest BCUT2D eigenvalue weighted by molar-refractivity contribution is 7.21. The lowest BCUT2D eigenvalue weighted by Crippen LogP contribution is -2.28. The van der Waals surface area contributed by atoms with E-state index < -0.39 is 0 Å². The van der Waals surface area contributed by atoms with E-state index in [9.17, 15) is 4.79 Å². The maximum absolute atomic E-state index is 12.8. The molecule has 30 heavy (non-hydrogen) atoms. The number of carbonyl (C=O) groups excluding carboxylic acids is 1. The zero-order chi connectivity index (χ0) is 21.1. The van der Waals surface area contributed by atoms with Gasteiger partial charge < -0.3 is 9.64 Å². The van der Waals surface area contributed by atoms with Crippen LogP contribution < -0.4 is 0 Å². The molecule has 1 aliphatic rings. The molecule has 0 spiro atoms. The molecule has 1 aromatic carbocycles. The SMILES string of the molecule is Cc1cc(-c2ccccc2)nc2sc(C(=O)OC(C)C)c(N=CN3CCCCC3)c12. The van der Waals surface area contributed by atoms with Crippen molar-refractivity contribution in [3.8, 4) is 11.3 Å². The maximum Gasteiger partial charge on any atom is 0.350 e. The van der Waals surface area contributed by atoms with Crippen molar-refractivity contribution in [2.24, 2.45) is 4.99 Å². The highest BCUT2D eigenvalue weighted by Crippen LogP contribution is 2.41. The summed E-state index contributed by atoms with van der Waals surface area (Å²) in [6.07, 6.45) is 5.33. The minimum absolute atomic E-state index is 0.185. The van der Waals surface area contributed by atoms with Crippen molar-refractivity contribution >= 4 is 39.5 Å². The lowest BCUT2D eigenvalue weighted by atomic mass is 10.1. The number of piperidine rings is 1. The number of nitrogens with zero attached hydrogens (tertiary/aromatic N) is 3. The molecular formula is C24H27N3O2S. The summed E-state index contributed by atoms with van der Waals surface area (Å²) < 4.78 is 5.51. The van der Waals surface area contributed by atoms with Gasteiger partial charge in [0.2, 0.25) is 0 Å². The second-order valence-corrected chi connectivity index (χ2v) is 8.94. The van der Waals surface area contributed by atoms with Crippen LogP contribution in [0.4, 0.5) is 5.69 Å². The van der Waals surface area contributed by atoms with Crippen molar-refractivity contribution in [2.75, 3.05) is 13.1 Å². The van der Waals surface area contributed by atoms with Gasteiger partial charge in [-0.25, -0.2) is 14.8 Å². The first-order chi connectivity index (χ1) is 14.5. The minimum Gasteiger partial charge on any atom is -0.459 e. The fourth-order valence-electron chi connectivity index (χ4n) is 3.72. The molecule has 0 atom stereocenters. The van der Waals surface area contributed by atoms with Gasteiger partial charge in [0.15, 0.2) is 0 Å². The Labute approximate surface area is 181 Å². The zero-order valence-corrected chi connectivity index (χ0v) is 18.5. The highest BCUT2D eigenvalue weighted by Gasteiger charge is 2.23.